The zero-order valence-corrected chi connectivity index (χ0v) is 19.8. The van der Waals surface area contributed by atoms with Crippen molar-refractivity contribution in [2.45, 2.75) is 44.6 Å². The summed E-state index contributed by atoms with van der Waals surface area (Å²) in [6, 6.07) is 6.10. The number of rotatable bonds is 8. The molecule has 0 atom stereocenters. The van der Waals surface area contributed by atoms with E-state index in [1.54, 1.807) is 0 Å². The van der Waals surface area contributed by atoms with E-state index in [0.29, 0.717) is 28.5 Å². The lowest BCUT2D eigenvalue weighted by atomic mass is 9.84. The minimum atomic E-state index is -0.0544. The molecule has 168 valence electrons. The Morgan fingerprint density at radius 1 is 1.07 bits per heavy atom. The number of nitrogens with one attached hydrogen (secondary N) is 2. The summed E-state index contributed by atoms with van der Waals surface area (Å²) in [6.07, 6.45) is 6.60. The van der Waals surface area contributed by atoms with Crippen LogP contribution in [0.1, 0.15) is 38.5 Å². The number of amides is 2. The van der Waals surface area contributed by atoms with Crippen LogP contribution < -0.4 is 15.5 Å². The molecular weight excluding hydrogens is 443 g/mol. The highest BCUT2D eigenvalue weighted by atomic mass is 35.5. The van der Waals surface area contributed by atoms with Crippen LogP contribution in [-0.2, 0) is 0 Å². The standard InChI is InChI=1S/C22H33Cl3N4O/c23-10-2-11-26-22(30)27-18-7-5-17(6-8-18)9-12-28-13-15-29(16-14-28)20-4-1-3-19(24)21(20)25/h1,3-4,17-18H,2,5-16H2,(H2,26,27,30). The van der Waals surface area contributed by atoms with Crippen molar-refractivity contribution in [1.82, 2.24) is 15.5 Å². The summed E-state index contributed by atoms with van der Waals surface area (Å²) in [5.74, 6) is 1.34. The molecule has 1 heterocycles. The topological polar surface area (TPSA) is 47.6 Å². The van der Waals surface area contributed by atoms with Gasteiger partial charge < -0.3 is 15.5 Å². The molecular formula is C22H33Cl3N4O. The number of alkyl halides is 1. The molecule has 8 heteroatoms. The van der Waals surface area contributed by atoms with Crippen LogP contribution in [0.5, 0.6) is 0 Å². The highest BCUT2D eigenvalue weighted by Gasteiger charge is 2.24. The minimum absolute atomic E-state index is 0.0544. The predicted octanol–water partition coefficient (Wildman–Crippen LogP) is 4.99. The number of nitrogens with zero attached hydrogens (tertiary/aromatic N) is 2. The van der Waals surface area contributed by atoms with Crippen LogP contribution in [0, 0.1) is 5.92 Å². The Hall–Kier alpha value is -0.880. The number of urea groups is 1. The van der Waals surface area contributed by atoms with Gasteiger partial charge >= 0.3 is 6.03 Å². The van der Waals surface area contributed by atoms with E-state index in [9.17, 15) is 4.79 Å². The Kier molecular flexibility index (Phi) is 9.69. The molecule has 30 heavy (non-hydrogen) atoms. The monoisotopic (exact) mass is 474 g/mol. The van der Waals surface area contributed by atoms with Gasteiger partial charge in [-0.05, 0) is 63.1 Å². The van der Waals surface area contributed by atoms with Gasteiger partial charge in [-0.15, -0.1) is 11.6 Å². The van der Waals surface area contributed by atoms with Gasteiger partial charge in [0.15, 0.2) is 0 Å². The summed E-state index contributed by atoms with van der Waals surface area (Å²) in [7, 11) is 0. The molecule has 0 radical (unpaired) electrons. The number of halogens is 3. The van der Waals surface area contributed by atoms with E-state index in [0.717, 1.165) is 63.6 Å². The van der Waals surface area contributed by atoms with Crippen molar-refractivity contribution in [2.24, 2.45) is 5.92 Å². The Morgan fingerprint density at radius 2 is 1.80 bits per heavy atom. The van der Waals surface area contributed by atoms with E-state index < -0.39 is 0 Å². The smallest absolute Gasteiger partial charge is 0.315 e. The van der Waals surface area contributed by atoms with Crippen LogP contribution in [0.3, 0.4) is 0 Å². The Morgan fingerprint density at radius 3 is 2.50 bits per heavy atom. The fourth-order valence-electron chi connectivity index (χ4n) is 4.41. The summed E-state index contributed by atoms with van der Waals surface area (Å²) >= 11 is 18.2. The second kappa shape index (κ2) is 12.2. The maximum absolute atomic E-state index is 11.9. The normalized spacial score (nSPS) is 22.7. The first-order chi connectivity index (χ1) is 14.6. The number of hydrogen-bond acceptors (Lipinski definition) is 3. The van der Waals surface area contributed by atoms with Crippen molar-refractivity contribution >= 4 is 46.5 Å². The molecule has 1 aliphatic carbocycles. The summed E-state index contributed by atoms with van der Waals surface area (Å²) < 4.78 is 0. The van der Waals surface area contributed by atoms with Crippen LogP contribution in [0.25, 0.3) is 0 Å². The molecule has 1 saturated heterocycles. The molecule has 2 amide bonds. The van der Waals surface area contributed by atoms with Gasteiger partial charge in [-0.2, -0.15) is 0 Å². The van der Waals surface area contributed by atoms with Gasteiger partial charge in [0.05, 0.1) is 15.7 Å². The fourth-order valence-corrected chi connectivity index (χ4v) is 4.96. The molecule has 1 aliphatic heterocycles. The number of carbonyl (C=O) groups is 1. The van der Waals surface area contributed by atoms with E-state index in [-0.39, 0.29) is 6.03 Å². The second-order valence-electron chi connectivity index (χ2n) is 8.35. The molecule has 1 aromatic carbocycles. The number of anilines is 1. The molecule has 2 aliphatic rings. The van der Waals surface area contributed by atoms with Crippen molar-refractivity contribution in [3.05, 3.63) is 28.2 Å². The van der Waals surface area contributed by atoms with Crippen LogP contribution in [-0.4, -0.2) is 62.1 Å². The maximum atomic E-state index is 11.9. The number of piperazine rings is 1. The van der Waals surface area contributed by atoms with Gasteiger partial charge in [0.2, 0.25) is 0 Å². The van der Waals surface area contributed by atoms with Crippen molar-refractivity contribution in [1.29, 1.82) is 0 Å². The molecule has 2 fully saturated rings. The van der Waals surface area contributed by atoms with Crippen LogP contribution in [0.15, 0.2) is 18.2 Å². The molecule has 2 N–H and O–H groups in total. The SMILES string of the molecule is O=C(NCCCCl)NC1CCC(CCN2CCN(c3cccc(Cl)c3Cl)CC2)CC1. The number of hydrogen-bond donors (Lipinski definition) is 2. The molecule has 3 rings (SSSR count). The molecule has 1 aromatic rings. The van der Waals surface area contributed by atoms with E-state index in [4.69, 9.17) is 34.8 Å². The highest BCUT2D eigenvalue weighted by Crippen LogP contribution is 2.33. The predicted molar refractivity (Wildman–Crippen MR) is 127 cm³/mol. The molecule has 0 bridgehead atoms. The lowest BCUT2D eigenvalue weighted by Gasteiger charge is -2.37. The van der Waals surface area contributed by atoms with E-state index >= 15 is 0 Å². The molecule has 0 spiro atoms. The van der Waals surface area contributed by atoms with Crippen molar-refractivity contribution in [3.8, 4) is 0 Å². The van der Waals surface area contributed by atoms with Gasteiger partial charge in [-0.3, -0.25) is 4.90 Å². The largest absolute Gasteiger partial charge is 0.368 e. The minimum Gasteiger partial charge on any atom is -0.368 e. The van der Waals surface area contributed by atoms with E-state index in [2.05, 4.69) is 26.5 Å². The van der Waals surface area contributed by atoms with E-state index in [1.165, 1.54) is 19.3 Å². The van der Waals surface area contributed by atoms with Crippen LogP contribution in [0.4, 0.5) is 10.5 Å². The average molecular weight is 476 g/mol. The van der Waals surface area contributed by atoms with Gasteiger partial charge in [0.25, 0.3) is 0 Å². The summed E-state index contributed by atoms with van der Waals surface area (Å²) in [4.78, 5) is 16.8. The summed E-state index contributed by atoms with van der Waals surface area (Å²) in [5.41, 5.74) is 1.04. The zero-order valence-electron chi connectivity index (χ0n) is 17.5. The highest BCUT2D eigenvalue weighted by molar-refractivity contribution is 6.43. The lowest BCUT2D eigenvalue weighted by Crippen LogP contribution is -2.47. The van der Waals surface area contributed by atoms with Gasteiger partial charge in [0, 0.05) is 44.6 Å². The third kappa shape index (κ3) is 7.08. The number of carbonyl (C=O) groups excluding carboxylic acids is 1. The Balaban J connectivity index is 1.31. The quantitative estimate of drug-likeness (QED) is 0.411. The average Bonchev–Trinajstić information content (AvgIpc) is 2.76. The first kappa shape index (κ1) is 23.8. The summed E-state index contributed by atoms with van der Waals surface area (Å²) in [6.45, 7) is 5.87. The maximum Gasteiger partial charge on any atom is 0.315 e. The molecule has 1 saturated carbocycles. The Labute approximate surface area is 195 Å². The molecule has 0 aromatic heterocycles. The fraction of sp³-hybridized carbons (Fsp3) is 0.682. The van der Waals surface area contributed by atoms with Gasteiger partial charge in [-0.25, -0.2) is 4.79 Å². The zero-order chi connectivity index (χ0) is 21.3. The lowest BCUT2D eigenvalue weighted by molar-refractivity contribution is 0.205. The van der Waals surface area contributed by atoms with E-state index in [1.807, 2.05) is 12.1 Å². The van der Waals surface area contributed by atoms with Crippen molar-refractivity contribution < 1.29 is 4.79 Å². The third-order valence-electron chi connectivity index (χ3n) is 6.28. The second-order valence-corrected chi connectivity index (χ2v) is 9.51. The molecule has 0 unspecified atom stereocenters. The first-order valence-corrected chi connectivity index (χ1v) is 12.4. The first-order valence-electron chi connectivity index (χ1n) is 11.1. The van der Waals surface area contributed by atoms with Crippen LogP contribution in [0.2, 0.25) is 10.0 Å². The van der Waals surface area contributed by atoms with Crippen molar-refractivity contribution in [2.75, 3.05) is 50.0 Å². The number of benzene rings is 1. The van der Waals surface area contributed by atoms with Crippen molar-refractivity contribution in [3.63, 3.8) is 0 Å². The Bertz CT molecular complexity index is 674. The summed E-state index contributed by atoms with van der Waals surface area (Å²) in [5, 5.41) is 7.25. The van der Waals surface area contributed by atoms with Gasteiger partial charge in [0.1, 0.15) is 0 Å². The molecule has 5 nitrogen and oxygen atoms in total. The van der Waals surface area contributed by atoms with Crippen LogP contribution >= 0.6 is 34.8 Å². The third-order valence-corrected chi connectivity index (χ3v) is 7.35. The van der Waals surface area contributed by atoms with Gasteiger partial charge in [-0.1, -0.05) is 29.3 Å².